The number of rotatable bonds is 11. The molecule has 16 heavy (non-hydrogen) atoms. The van der Waals surface area contributed by atoms with Crippen LogP contribution in [0.2, 0.25) is 0 Å². The lowest BCUT2D eigenvalue weighted by atomic mass is 10.2. The van der Waals surface area contributed by atoms with Crippen LogP contribution in [0.3, 0.4) is 0 Å². The largest absolute Gasteiger partial charge is 0.328 e. The van der Waals surface area contributed by atoms with Gasteiger partial charge in [0.05, 0.1) is 0 Å². The first-order valence-corrected chi connectivity index (χ1v) is 6.55. The molecule has 2 atom stereocenters. The van der Waals surface area contributed by atoms with E-state index in [1.807, 2.05) is 13.8 Å². The molecule has 0 unspecified atom stereocenters. The molecule has 4 heteroatoms. The molecule has 0 fully saturated rings. The Morgan fingerprint density at radius 3 is 1.44 bits per heavy atom. The molecule has 0 heterocycles. The van der Waals surface area contributed by atoms with E-state index in [4.69, 9.17) is 11.5 Å². The average Bonchev–Trinajstić information content (AvgIpc) is 2.20. The van der Waals surface area contributed by atoms with Crippen molar-refractivity contribution in [1.29, 1.82) is 0 Å². The minimum Gasteiger partial charge on any atom is -0.328 e. The Morgan fingerprint density at radius 1 is 0.750 bits per heavy atom. The van der Waals surface area contributed by atoms with Crippen LogP contribution < -0.4 is 22.1 Å². The van der Waals surface area contributed by atoms with Crippen molar-refractivity contribution in [3.8, 4) is 0 Å². The maximum Gasteiger partial charge on any atom is 0.00225 e. The summed E-state index contributed by atoms with van der Waals surface area (Å²) in [6, 6.07) is 0.625. The Labute approximate surface area is 101 Å². The Kier molecular flexibility index (Phi) is 11.2. The normalized spacial score (nSPS) is 15.0. The third kappa shape index (κ3) is 13.8. The molecule has 0 saturated heterocycles. The summed E-state index contributed by atoms with van der Waals surface area (Å²) >= 11 is 0. The molecule has 0 aliphatic rings. The molecule has 0 aliphatic carbocycles. The van der Waals surface area contributed by atoms with Gasteiger partial charge < -0.3 is 22.1 Å². The highest BCUT2D eigenvalue weighted by Crippen LogP contribution is 1.88. The van der Waals surface area contributed by atoms with Gasteiger partial charge in [0.15, 0.2) is 0 Å². The van der Waals surface area contributed by atoms with Crippen LogP contribution in [0.5, 0.6) is 0 Å². The smallest absolute Gasteiger partial charge is 0.00225 e. The van der Waals surface area contributed by atoms with Crippen molar-refractivity contribution in [1.82, 2.24) is 10.6 Å². The Balaban J connectivity index is 2.93. The first-order chi connectivity index (χ1) is 7.63. The summed E-state index contributed by atoms with van der Waals surface area (Å²) < 4.78 is 0. The van der Waals surface area contributed by atoms with E-state index in [0.29, 0.717) is 12.1 Å². The summed E-state index contributed by atoms with van der Waals surface area (Å²) in [4.78, 5) is 0. The van der Waals surface area contributed by atoms with Crippen molar-refractivity contribution in [3.05, 3.63) is 0 Å². The zero-order valence-corrected chi connectivity index (χ0v) is 11.0. The molecule has 0 rings (SSSR count). The Hall–Kier alpha value is -0.160. The molecule has 0 aromatic carbocycles. The van der Waals surface area contributed by atoms with Gasteiger partial charge >= 0.3 is 0 Å². The monoisotopic (exact) mass is 230 g/mol. The molecule has 0 aromatic rings. The molecule has 0 amide bonds. The highest BCUT2D eigenvalue weighted by molar-refractivity contribution is 4.58. The van der Waals surface area contributed by atoms with Crippen molar-refractivity contribution in [2.75, 3.05) is 26.2 Å². The summed E-state index contributed by atoms with van der Waals surface area (Å²) in [5, 5.41) is 6.80. The van der Waals surface area contributed by atoms with Crippen molar-refractivity contribution in [3.63, 3.8) is 0 Å². The first kappa shape index (κ1) is 15.8. The van der Waals surface area contributed by atoms with Gasteiger partial charge in [0.1, 0.15) is 0 Å². The van der Waals surface area contributed by atoms with Crippen LogP contribution in [0.15, 0.2) is 0 Å². The summed E-state index contributed by atoms with van der Waals surface area (Å²) in [5.74, 6) is 0. The summed E-state index contributed by atoms with van der Waals surface area (Å²) in [6.07, 6.45) is 4.58. The fourth-order valence-electron chi connectivity index (χ4n) is 1.41. The fourth-order valence-corrected chi connectivity index (χ4v) is 1.41. The fraction of sp³-hybridized carbons (Fsp3) is 1.00. The second kappa shape index (κ2) is 11.3. The lowest BCUT2D eigenvalue weighted by molar-refractivity contribution is 0.539. The third-order valence-corrected chi connectivity index (χ3v) is 2.51. The molecule has 98 valence electrons. The van der Waals surface area contributed by atoms with Crippen molar-refractivity contribution >= 4 is 0 Å². The zero-order valence-electron chi connectivity index (χ0n) is 11.0. The first-order valence-electron chi connectivity index (χ1n) is 6.55. The van der Waals surface area contributed by atoms with Gasteiger partial charge in [-0.1, -0.05) is 0 Å². The van der Waals surface area contributed by atoms with E-state index in [-0.39, 0.29) is 0 Å². The van der Waals surface area contributed by atoms with Crippen LogP contribution >= 0.6 is 0 Å². The van der Waals surface area contributed by atoms with Gasteiger partial charge in [-0.25, -0.2) is 0 Å². The van der Waals surface area contributed by atoms with Crippen molar-refractivity contribution in [2.24, 2.45) is 11.5 Å². The minimum absolute atomic E-state index is 0.312. The predicted octanol–water partition coefficient (Wildman–Crippen LogP) is 0.420. The Morgan fingerprint density at radius 2 is 1.12 bits per heavy atom. The van der Waals surface area contributed by atoms with Crippen LogP contribution in [0.4, 0.5) is 0 Å². The number of hydrogen-bond acceptors (Lipinski definition) is 4. The second-order valence-electron chi connectivity index (χ2n) is 4.74. The van der Waals surface area contributed by atoms with E-state index < -0.39 is 0 Å². The van der Waals surface area contributed by atoms with Crippen LogP contribution in [-0.2, 0) is 0 Å². The lowest BCUT2D eigenvalue weighted by Crippen LogP contribution is -2.26. The van der Waals surface area contributed by atoms with E-state index in [2.05, 4.69) is 10.6 Å². The molecule has 6 N–H and O–H groups in total. The minimum atomic E-state index is 0.312. The number of nitrogens with one attached hydrogen (secondary N) is 2. The van der Waals surface area contributed by atoms with Gasteiger partial charge in [-0.05, 0) is 65.7 Å². The van der Waals surface area contributed by atoms with E-state index in [0.717, 1.165) is 39.0 Å². The lowest BCUT2D eigenvalue weighted by Gasteiger charge is -2.08. The number of unbranched alkanes of at least 4 members (excludes halogenated alkanes) is 1. The van der Waals surface area contributed by atoms with E-state index in [9.17, 15) is 0 Å². The molecule has 0 spiro atoms. The highest BCUT2D eigenvalue weighted by Gasteiger charge is 1.94. The standard InChI is InChI=1S/C12H30N4/c1-11(13)5-9-15-7-3-4-8-16-10-6-12(2)14/h11-12,15-16H,3-10,13-14H2,1-2H3/t11-,12+. The zero-order chi connectivity index (χ0) is 12.2. The van der Waals surface area contributed by atoms with Gasteiger partial charge in [-0.2, -0.15) is 0 Å². The molecule has 0 radical (unpaired) electrons. The van der Waals surface area contributed by atoms with Gasteiger partial charge in [-0.3, -0.25) is 0 Å². The SMILES string of the molecule is C[C@H](N)CCNCCCCNCC[C@@H](C)N. The molecule has 0 aromatic heterocycles. The van der Waals surface area contributed by atoms with E-state index in [1.54, 1.807) is 0 Å². The topological polar surface area (TPSA) is 76.1 Å². The molecule has 0 aliphatic heterocycles. The van der Waals surface area contributed by atoms with Crippen LogP contribution in [0.1, 0.15) is 39.5 Å². The Bertz CT molecular complexity index is 121. The number of hydrogen-bond donors (Lipinski definition) is 4. The average molecular weight is 230 g/mol. The maximum atomic E-state index is 5.65. The van der Waals surface area contributed by atoms with Gasteiger partial charge in [0.25, 0.3) is 0 Å². The summed E-state index contributed by atoms with van der Waals surface area (Å²) in [6.45, 7) is 8.36. The highest BCUT2D eigenvalue weighted by atomic mass is 14.9. The molecule has 4 nitrogen and oxygen atoms in total. The van der Waals surface area contributed by atoms with Gasteiger partial charge in [0.2, 0.25) is 0 Å². The molecular weight excluding hydrogens is 200 g/mol. The maximum absolute atomic E-state index is 5.65. The van der Waals surface area contributed by atoms with Crippen LogP contribution in [0, 0.1) is 0 Å². The van der Waals surface area contributed by atoms with Gasteiger partial charge in [-0.15, -0.1) is 0 Å². The van der Waals surface area contributed by atoms with E-state index in [1.165, 1.54) is 12.8 Å². The van der Waals surface area contributed by atoms with E-state index >= 15 is 0 Å². The summed E-state index contributed by atoms with van der Waals surface area (Å²) in [5.41, 5.74) is 11.3. The van der Waals surface area contributed by atoms with Crippen molar-refractivity contribution < 1.29 is 0 Å². The molecule has 0 saturated carbocycles. The predicted molar refractivity (Wildman–Crippen MR) is 71.5 cm³/mol. The van der Waals surface area contributed by atoms with Gasteiger partial charge in [0, 0.05) is 12.1 Å². The van der Waals surface area contributed by atoms with Crippen LogP contribution in [-0.4, -0.2) is 38.3 Å². The van der Waals surface area contributed by atoms with Crippen LogP contribution in [0.25, 0.3) is 0 Å². The third-order valence-electron chi connectivity index (χ3n) is 2.51. The quantitative estimate of drug-likeness (QED) is 0.388. The molecule has 0 bridgehead atoms. The molecular formula is C12H30N4. The summed E-state index contributed by atoms with van der Waals surface area (Å²) in [7, 11) is 0. The number of nitrogens with two attached hydrogens (primary N) is 2. The van der Waals surface area contributed by atoms with Crippen molar-refractivity contribution in [2.45, 2.75) is 51.6 Å². The second-order valence-corrected chi connectivity index (χ2v) is 4.74.